The highest BCUT2D eigenvalue weighted by Crippen LogP contribution is 2.56. The van der Waals surface area contributed by atoms with Crippen LogP contribution in [0.4, 0.5) is 15.8 Å². The number of halogens is 3. The molecule has 31 heavy (non-hydrogen) atoms. The highest BCUT2D eigenvalue weighted by molar-refractivity contribution is 6.31. The number of carbonyl (C=O) groups is 1. The zero-order valence-corrected chi connectivity index (χ0v) is 18.4. The number of aliphatic hydroxyl groups is 1. The molecule has 1 amide bonds. The Balaban J connectivity index is 0.00000231. The van der Waals surface area contributed by atoms with Gasteiger partial charge in [-0.25, -0.2) is 9.37 Å². The van der Waals surface area contributed by atoms with Crippen molar-refractivity contribution in [2.24, 2.45) is 0 Å². The number of morpholine rings is 1. The molecular formula is C22H24Cl2FN3O3. The average Bonchev–Trinajstić information content (AvgIpc) is 3.39. The number of hydrogen-bond donors (Lipinski definition) is 2. The van der Waals surface area contributed by atoms with Crippen molar-refractivity contribution in [1.29, 1.82) is 0 Å². The first-order chi connectivity index (χ1) is 14.5. The summed E-state index contributed by atoms with van der Waals surface area (Å²) in [7, 11) is 0. The van der Waals surface area contributed by atoms with Gasteiger partial charge in [-0.05, 0) is 60.4 Å². The van der Waals surface area contributed by atoms with Gasteiger partial charge in [0.05, 0.1) is 36.2 Å². The summed E-state index contributed by atoms with van der Waals surface area (Å²) >= 11 is 5.93. The minimum atomic E-state index is -0.461. The number of rotatable bonds is 4. The van der Waals surface area contributed by atoms with Crippen LogP contribution in [0.2, 0.25) is 5.02 Å². The fraction of sp³-hybridized carbons (Fsp3) is 0.455. The van der Waals surface area contributed by atoms with Crippen LogP contribution < -0.4 is 5.32 Å². The molecule has 0 spiro atoms. The number of fused-ring (bicyclic) bond motifs is 5. The normalized spacial score (nSPS) is 24.0. The molecule has 2 heterocycles. The maximum atomic E-state index is 13.5. The van der Waals surface area contributed by atoms with Crippen molar-refractivity contribution in [3.05, 3.63) is 52.1 Å². The molecule has 5 rings (SSSR count). The SMILES string of the molecule is Cl.O=C(c1ncc(Nc2ccc(F)c(Cl)c2)c2c1C1CCC2C1)N1CCO[C@@H](CO)C1. The first-order valence-electron chi connectivity index (χ1n) is 10.3. The number of anilines is 2. The van der Waals surface area contributed by atoms with Crippen LogP contribution in [0.3, 0.4) is 0 Å². The van der Waals surface area contributed by atoms with Gasteiger partial charge in [0.1, 0.15) is 11.5 Å². The number of aliphatic hydroxyl groups excluding tert-OH is 1. The quantitative estimate of drug-likeness (QED) is 0.703. The van der Waals surface area contributed by atoms with Gasteiger partial charge in [0, 0.05) is 18.8 Å². The van der Waals surface area contributed by atoms with Gasteiger partial charge in [-0.1, -0.05) is 11.6 Å². The van der Waals surface area contributed by atoms with E-state index in [2.05, 4.69) is 10.3 Å². The third-order valence-electron chi connectivity index (χ3n) is 6.44. The lowest BCUT2D eigenvalue weighted by Gasteiger charge is -2.33. The van der Waals surface area contributed by atoms with Crippen molar-refractivity contribution >= 4 is 41.3 Å². The highest BCUT2D eigenvalue weighted by atomic mass is 35.5. The largest absolute Gasteiger partial charge is 0.394 e. The Morgan fingerprint density at radius 1 is 1.32 bits per heavy atom. The molecule has 2 fully saturated rings. The van der Waals surface area contributed by atoms with Gasteiger partial charge >= 0.3 is 0 Å². The van der Waals surface area contributed by atoms with Crippen molar-refractivity contribution in [2.75, 3.05) is 31.6 Å². The summed E-state index contributed by atoms with van der Waals surface area (Å²) in [5.41, 5.74) is 4.25. The third kappa shape index (κ3) is 4.00. The monoisotopic (exact) mass is 467 g/mol. The van der Waals surface area contributed by atoms with Crippen molar-refractivity contribution < 1.29 is 19.0 Å². The highest BCUT2D eigenvalue weighted by Gasteiger charge is 2.42. The van der Waals surface area contributed by atoms with Crippen molar-refractivity contribution in [3.8, 4) is 0 Å². The fourth-order valence-corrected chi connectivity index (χ4v) is 5.24. The van der Waals surface area contributed by atoms with Crippen LogP contribution in [-0.4, -0.2) is 53.3 Å². The predicted molar refractivity (Wildman–Crippen MR) is 118 cm³/mol. The standard InChI is InChI=1S/C22H23ClFN3O3.ClH/c23-16-8-14(3-4-17(16)24)26-18-9-25-21(20-13-2-1-12(7-13)19(18)20)22(29)27-5-6-30-15(10-27)11-28;/h3-4,8-9,12-13,15,26,28H,1-2,5-7,10-11H2;1H/t12?,13?,15-;/m1./s1. The number of carbonyl (C=O) groups excluding carboxylic acids is 1. The Hall–Kier alpha value is -1.93. The lowest BCUT2D eigenvalue weighted by atomic mass is 9.89. The molecule has 3 aliphatic rings. The van der Waals surface area contributed by atoms with Gasteiger partial charge in [-0.15, -0.1) is 12.4 Å². The molecule has 1 saturated carbocycles. The minimum Gasteiger partial charge on any atom is -0.394 e. The number of amides is 1. The molecule has 9 heteroatoms. The summed E-state index contributed by atoms with van der Waals surface area (Å²) in [5, 5.41) is 12.8. The number of nitrogens with one attached hydrogen (secondary N) is 1. The topological polar surface area (TPSA) is 74.7 Å². The molecule has 2 aliphatic carbocycles. The Kier molecular flexibility index (Phi) is 6.40. The van der Waals surface area contributed by atoms with E-state index in [1.54, 1.807) is 23.2 Å². The van der Waals surface area contributed by atoms with Crippen molar-refractivity contribution in [3.63, 3.8) is 0 Å². The molecule has 3 atom stereocenters. The number of aromatic nitrogens is 1. The smallest absolute Gasteiger partial charge is 0.272 e. The Morgan fingerprint density at radius 3 is 2.84 bits per heavy atom. The van der Waals surface area contributed by atoms with E-state index in [-0.39, 0.29) is 36.0 Å². The molecular weight excluding hydrogens is 444 g/mol. The molecule has 0 radical (unpaired) electrons. The van der Waals surface area contributed by atoms with Gasteiger partial charge in [0.25, 0.3) is 5.91 Å². The van der Waals surface area contributed by atoms with E-state index in [1.807, 2.05) is 0 Å². The maximum absolute atomic E-state index is 13.5. The zero-order chi connectivity index (χ0) is 20.8. The van der Waals surface area contributed by atoms with Gasteiger partial charge in [-0.2, -0.15) is 0 Å². The van der Waals surface area contributed by atoms with Gasteiger partial charge in [0.2, 0.25) is 0 Å². The van der Waals surface area contributed by atoms with E-state index in [1.165, 1.54) is 6.07 Å². The molecule has 2 aromatic rings. The second kappa shape index (κ2) is 8.90. The molecule has 1 saturated heterocycles. The number of nitrogens with zero attached hydrogens (tertiary/aromatic N) is 2. The molecule has 2 N–H and O–H groups in total. The Labute approximate surface area is 191 Å². The summed E-state index contributed by atoms with van der Waals surface area (Å²) in [6.45, 7) is 1.17. The molecule has 166 valence electrons. The van der Waals surface area contributed by atoms with Crippen molar-refractivity contribution in [1.82, 2.24) is 9.88 Å². The predicted octanol–water partition coefficient (Wildman–Crippen LogP) is 4.24. The van der Waals surface area contributed by atoms with E-state index in [4.69, 9.17) is 16.3 Å². The van der Waals surface area contributed by atoms with E-state index >= 15 is 0 Å². The maximum Gasteiger partial charge on any atom is 0.272 e. The second-order valence-corrected chi connectivity index (χ2v) is 8.64. The molecule has 1 aliphatic heterocycles. The Bertz CT molecular complexity index is 1010. The van der Waals surface area contributed by atoms with Crippen LogP contribution in [0.15, 0.2) is 24.4 Å². The van der Waals surface area contributed by atoms with E-state index in [0.717, 1.165) is 36.1 Å². The lowest BCUT2D eigenvalue weighted by molar-refractivity contribution is -0.0449. The summed E-state index contributed by atoms with van der Waals surface area (Å²) < 4.78 is 19.0. The third-order valence-corrected chi connectivity index (χ3v) is 6.73. The number of hydrogen-bond acceptors (Lipinski definition) is 5. The number of benzene rings is 1. The van der Waals surface area contributed by atoms with E-state index < -0.39 is 5.82 Å². The van der Waals surface area contributed by atoms with Gasteiger partial charge < -0.3 is 20.1 Å². The molecule has 1 aromatic carbocycles. The minimum absolute atomic E-state index is 0. The zero-order valence-electron chi connectivity index (χ0n) is 16.8. The van der Waals surface area contributed by atoms with E-state index in [0.29, 0.717) is 42.9 Å². The van der Waals surface area contributed by atoms with Crippen LogP contribution in [0, 0.1) is 5.82 Å². The molecule has 1 aromatic heterocycles. The van der Waals surface area contributed by atoms with Crippen LogP contribution in [0.5, 0.6) is 0 Å². The first kappa shape index (κ1) is 22.3. The summed E-state index contributed by atoms with van der Waals surface area (Å²) in [6, 6.07) is 4.53. The van der Waals surface area contributed by atoms with Gasteiger partial charge in [-0.3, -0.25) is 4.79 Å². The molecule has 2 unspecified atom stereocenters. The summed E-state index contributed by atoms with van der Waals surface area (Å²) in [4.78, 5) is 19.6. The van der Waals surface area contributed by atoms with Crippen LogP contribution >= 0.6 is 24.0 Å². The van der Waals surface area contributed by atoms with E-state index in [9.17, 15) is 14.3 Å². The number of ether oxygens (including phenoxy) is 1. The average molecular weight is 468 g/mol. The Morgan fingerprint density at radius 2 is 2.10 bits per heavy atom. The molecule has 6 nitrogen and oxygen atoms in total. The number of pyridine rings is 1. The summed E-state index contributed by atoms with van der Waals surface area (Å²) in [5.74, 6) is 0.173. The van der Waals surface area contributed by atoms with Crippen molar-refractivity contribution in [2.45, 2.75) is 37.2 Å². The second-order valence-electron chi connectivity index (χ2n) is 8.24. The molecule has 2 bridgehead atoms. The van der Waals surface area contributed by atoms with Crippen LogP contribution in [-0.2, 0) is 4.74 Å². The lowest BCUT2D eigenvalue weighted by Crippen LogP contribution is -2.47. The fourth-order valence-electron chi connectivity index (χ4n) is 5.06. The van der Waals surface area contributed by atoms with Crippen LogP contribution in [0.1, 0.15) is 52.7 Å². The first-order valence-corrected chi connectivity index (χ1v) is 10.7. The van der Waals surface area contributed by atoms with Gasteiger partial charge in [0.15, 0.2) is 0 Å². The van der Waals surface area contributed by atoms with Crippen LogP contribution in [0.25, 0.3) is 0 Å². The summed E-state index contributed by atoms with van der Waals surface area (Å²) in [6.07, 6.45) is 4.54.